The second-order valence-corrected chi connectivity index (χ2v) is 8.07. The summed E-state index contributed by atoms with van der Waals surface area (Å²) in [7, 11) is 1.81. The molecule has 1 fully saturated rings. The number of piperidine rings is 1. The second kappa shape index (κ2) is 8.25. The summed E-state index contributed by atoms with van der Waals surface area (Å²) in [4.78, 5) is 23.9. The molecule has 0 radical (unpaired) electrons. The van der Waals surface area contributed by atoms with Crippen LogP contribution in [0.5, 0.6) is 0 Å². The standard InChI is InChI=1S/C21H27N7O2/c1-13(2)23-21-22-12-16(18-11-14(3)26-30-18)19(24-21)15-5-9-28(10-6-15)20(29)17-7-8-27(4)25-17/h7-8,11-13,15H,5-6,9-10H2,1-4H3,(H,22,23,24). The molecule has 0 spiro atoms. The van der Waals surface area contributed by atoms with E-state index in [1.54, 1.807) is 23.1 Å². The number of aromatic nitrogens is 5. The lowest BCUT2D eigenvalue weighted by Crippen LogP contribution is -2.38. The minimum Gasteiger partial charge on any atom is -0.356 e. The Bertz CT molecular complexity index is 1030. The minimum atomic E-state index is -0.0232. The average molecular weight is 409 g/mol. The predicted molar refractivity (Wildman–Crippen MR) is 112 cm³/mol. The van der Waals surface area contributed by atoms with Crippen LogP contribution < -0.4 is 5.32 Å². The van der Waals surface area contributed by atoms with E-state index in [0.717, 1.165) is 29.8 Å². The first-order chi connectivity index (χ1) is 14.4. The van der Waals surface area contributed by atoms with Crippen LogP contribution in [0.25, 0.3) is 11.3 Å². The highest BCUT2D eigenvalue weighted by molar-refractivity contribution is 5.92. The predicted octanol–water partition coefficient (Wildman–Crippen LogP) is 3.01. The molecule has 158 valence electrons. The van der Waals surface area contributed by atoms with E-state index >= 15 is 0 Å². The number of carbonyl (C=O) groups is 1. The highest BCUT2D eigenvalue weighted by Gasteiger charge is 2.29. The summed E-state index contributed by atoms with van der Waals surface area (Å²) < 4.78 is 7.15. The highest BCUT2D eigenvalue weighted by atomic mass is 16.5. The normalized spacial score (nSPS) is 15.0. The molecule has 0 aromatic carbocycles. The molecular formula is C21H27N7O2. The van der Waals surface area contributed by atoms with Crippen molar-refractivity contribution < 1.29 is 9.32 Å². The summed E-state index contributed by atoms with van der Waals surface area (Å²) in [5.74, 6) is 1.46. The third kappa shape index (κ3) is 4.19. The summed E-state index contributed by atoms with van der Waals surface area (Å²) in [5, 5.41) is 11.5. The Hall–Kier alpha value is -3.23. The number of carbonyl (C=O) groups excluding carboxylic acids is 1. The summed E-state index contributed by atoms with van der Waals surface area (Å²) >= 11 is 0. The van der Waals surface area contributed by atoms with Crippen LogP contribution in [0.15, 0.2) is 29.0 Å². The molecule has 0 unspecified atom stereocenters. The molecule has 1 aliphatic rings. The van der Waals surface area contributed by atoms with Crippen molar-refractivity contribution in [2.45, 2.75) is 45.6 Å². The lowest BCUT2D eigenvalue weighted by molar-refractivity contribution is 0.0705. The number of anilines is 1. The SMILES string of the molecule is Cc1cc(-c2cnc(NC(C)C)nc2C2CCN(C(=O)c3ccn(C)n3)CC2)on1. The van der Waals surface area contributed by atoms with Gasteiger partial charge in [-0.1, -0.05) is 5.16 Å². The third-order valence-electron chi connectivity index (χ3n) is 5.23. The zero-order valence-electron chi connectivity index (χ0n) is 17.8. The Labute approximate surface area is 175 Å². The fourth-order valence-corrected chi connectivity index (χ4v) is 3.76. The van der Waals surface area contributed by atoms with Gasteiger partial charge in [-0.05, 0) is 39.7 Å². The summed E-state index contributed by atoms with van der Waals surface area (Å²) in [6.07, 6.45) is 5.22. The minimum absolute atomic E-state index is 0.0232. The van der Waals surface area contributed by atoms with Crippen molar-refractivity contribution in [2.24, 2.45) is 7.05 Å². The van der Waals surface area contributed by atoms with Gasteiger partial charge in [0.15, 0.2) is 5.76 Å². The van der Waals surface area contributed by atoms with Crippen LogP contribution >= 0.6 is 0 Å². The topological polar surface area (TPSA) is 102 Å². The Morgan fingerprint density at radius 1 is 1.30 bits per heavy atom. The van der Waals surface area contributed by atoms with Gasteiger partial charge in [-0.3, -0.25) is 9.48 Å². The first kappa shape index (κ1) is 20.1. The molecular weight excluding hydrogens is 382 g/mol. The van der Waals surface area contributed by atoms with E-state index in [1.807, 2.05) is 24.9 Å². The van der Waals surface area contributed by atoms with Crippen LogP contribution in [-0.4, -0.2) is 54.8 Å². The van der Waals surface area contributed by atoms with E-state index < -0.39 is 0 Å². The molecule has 3 aromatic heterocycles. The Kier molecular flexibility index (Phi) is 5.52. The number of hydrogen-bond donors (Lipinski definition) is 1. The maximum Gasteiger partial charge on any atom is 0.274 e. The van der Waals surface area contributed by atoms with E-state index in [4.69, 9.17) is 9.51 Å². The van der Waals surface area contributed by atoms with E-state index in [0.29, 0.717) is 30.5 Å². The lowest BCUT2D eigenvalue weighted by atomic mass is 9.90. The van der Waals surface area contributed by atoms with Gasteiger partial charge >= 0.3 is 0 Å². The molecule has 0 atom stereocenters. The largest absolute Gasteiger partial charge is 0.356 e. The zero-order chi connectivity index (χ0) is 21.3. The van der Waals surface area contributed by atoms with Crippen LogP contribution in [0.1, 0.15) is 54.5 Å². The first-order valence-electron chi connectivity index (χ1n) is 10.3. The van der Waals surface area contributed by atoms with E-state index in [1.165, 1.54) is 0 Å². The fraction of sp³-hybridized carbons (Fsp3) is 0.476. The van der Waals surface area contributed by atoms with Gasteiger partial charge in [-0.15, -0.1) is 0 Å². The van der Waals surface area contributed by atoms with Gasteiger partial charge in [0.2, 0.25) is 5.95 Å². The molecule has 1 N–H and O–H groups in total. The lowest BCUT2D eigenvalue weighted by Gasteiger charge is -2.32. The quantitative estimate of drug-likeness (QED) is 0.691. The fourth-order valence-electron chi connectivity index (χ4n) is 3.76. The van der Waals surface area contributed by atoms with Gasteiger partial charge in [-0.25, -0.2) is 9.97 Å². The summed E-state index contributed by atoms with van der Waals surface area (Å²) in [6.45, 7) is 7.32. The molecule has 30 heavy (non-hydrogen) atoms. The van der Waals surface area contributed by atoms with Gasteiger partial charge in [0.1, 0.15) is 5.69 Å². The molecule has 4 heterocycles. The zero-order valence-corrected chi connectivity index (χ0v) is 17.8. The Morgan fingerprint density at radius 2 is 2.07 bits per heavy atom. The maximum atomic E-state index is 12.7. The van der Waals surface area contributed by atoms with Gasteiger partial charge in [-0.2, -0.15) is 5.10 Å². The average Bonchev–Trinajstić information content (AvgIpc) is 3.35. The van der Waals surface area contributed by atoms with Crippen molar-refractivity contribution in [1.82, 2.24) is 29.8 Å². The van der Waals surface area contributed by atoms with Crippen molar-refractivity contribution in [3.8, 4) is 11.3 Å². The Balaban J connectivity index is 1.56. The number of likely N-dealkylation sites (tertiary alicyclic amines) is 1. The van der Waals surface area contributed by atoms with Crippen molar-refractivity contribution in [1.29, 1.82) is 0 Å². The number of nitrogens with zero attached hydrogens (tertiary/aromatic N) is 6. The number of nitrogens with one attached hydrogen (secondary N) is 1. The monoisotopic (exact) mass is 409 g/mol. The molecule has 1 aliphatic heterocycles. The van der Waals surface area contributed by atoms with Crippen LogP contribution in [0.4, 0.5) is 5.95 Å². The second-order valence-electron chi connectivity index (χ2n) is 8.07. The van der Waals surface area contributed by atoms with Gasteiger partial charge in [0.25, 0.3) is 5.91 Å². The van der Waals surface area contributed by atoms with Gasteiger partial charge < -0.3 is 14.7 Å². The highest BCUT2D eigenvalue weighted by Crippen LogP contribution is 2.35. The van der Waals surface area contributed by atoms with E-state index in [9.17, 15) is 4.79 Å². The Morgan fingerprint density at radius 3 is 2.67 bits per heavy atom. The number of aryl methyl sites for hydroxylation is 2. The van der Waals surface area contributed by atoms with Gasteiger partial charge in [0.05, 0.1) is 17.0 Å². The molecule has 9 heteroatoms. The van der Waals surface area contributed by atoms with Crippen molar-refractivity contribution >= 4 is 11.9 Å². The molecule has 1 amide bonds. The van der Waals surface area contributed by atoms with Crippen molar-refractivity contribution in [2.75, 3.05) is 18.4 Å². The number of amides is 1. The van der Waals surface area contributed by atoms with E-state index in [-0.39, 0.29) is 17.9 Å². The van der Waals surface area contributed by atoms with Crippen molar-refractivity contribution in [3.05, 3.63) is 41.6 Å². The smallest absolute Gasteiger partial charge is 0.274 e. The molecule has 1 saturated heterocycles. The first-order valence-corrected chi connectivity index (χ1v) is 10.3. The van der Waals surface area contributed by atoms with Gasteiger partial charge in [0, 0.05) is 50.6 Å². The molecule has 3 aromatic rings. The van der Waals surface area contributed by atoms with Crippen LogP contribution in [0, 0.1) is 6.92 Å². The number of hydrogen-bond acceptors (Lipinski definition) is 7. The van der Waals surface area contributed by atoms with Crippen LogP contribution in [0.3, 0.4) is 0 Å². The van der Waals surface area contributed by atoms with Crippen molar-refractivity contribution in [3.63, 3.8) is 0 Å². The molecule has 0 bridgehead atoms. The molecule has 0 aliphatic carbocycles. The summed E-state index contributed by atoms with van der Waals surface area (Å²) in [5.41, 5.74) is 3.10. The maximum absolute atomic E-state index is 12.7. The molecule has 0 saturated carbocycles. The number of rotatable bonds is 5. The third-order valence-corrected chi connectivity index (χ3v) is 5.23. The van der Waals surface area contributed by atoms with Crippen LogP contribution in [-0.2, 0) is 7.05 Å². The molecule has 9 nitrogen and oxygen atoms in total. The summed E-state index contributed by atoms with van der Waals surface area (Å²) in [6, 6.07) is 3.89. The molecule has 4 rings (SSSR count). The van der Waals surface area contributed by atoms with E-state index in [2.05, 4.69) is 34.4 Å². The van der Waals surface area contributed by atoms with Crippen LogP contribution in [0.2, 0.25) is 0 Å².